The number of phenols is 1. The molecule has 2 aromatic rings. The molecule has 36 heavy (non-hydrogen) atoms. The van der Waals surface area contributed by atoms with Crippen molar-refractivity contribution in [2.24, 2.45) is 11.8 Å². The summed E-state index contributed by atoms with van der Waals surface area (Å²) in [5.74, 6) is 1.51. The fourth-order valence-corrected chi connectivity index (χ4v) is 6.90. The summed E-state index contributed by atoms with van der Waals surface area (Å²) in [6, 6.07) is 13.2. The van der Waals surface area contributed by atoms with Crippen LogP contribution in [0.3, 0.4) is 0 Å². The minimum atomic E-state index is -0.152. The number of rotatable bonds is 7. The third-order valence-corrected chi connectivity index (χ3v) is 9.55. The normalized spacial score (nSPS) is 28.5. The standard InChI is InChI=1S/C29H36Cl2N2O3/c1-32(28(35)13-20-8-9-25(30)26(31)12-20)22-15-27(36-2)24-18-33(17-19-6-7-19)11-10-29(24,16-22)21-4-3-5-23(34)14-21/h3-5,8-9,12,14,19,22,24,27,34H,6-7,10-11,13,15-18H2,1-2H3. The molecule has 194 valence electrons. The lowest BCUT2D eigenvalue weighted by Crippen LogP contribution is -2.61. The monoisotopic (exact) mass is 530 g/mol. The number of carbonyl (C=O) groups excluding carboxylic acids is 1. The van der Waals surface area contributed by atoms with Crippen molar-refractivity contribution in [1.29, 1.82) is 0 Å². The molecule has 4 unspecified atom stereocenters. The second-order valence-electron chi connectivity index (χ2n) is 11.1. The Kier molecular flexibility index (Phi) is 7.56. The first-order valence-electron chi connectivity index (χ1n) is 13.0. The number of hydrogen-bond donors (Lipinski definition) is 1. The number of likely N-dealkylation sites (tertiary alicyclic amines) is 1. The van der Waals surface area contributed by atoms with Gasteiger partial charge in [-0.05, 0) is 80.0 Å². The second-order valence-corrected chi connectivity index (χ2v) is 11.9. The summed E-state index contributed by atoms with van der Waals surface area (Å²) in [5, 5.41) is 11.3. The number of halogens is 2. The Morgan fingerprint density at radius 3 is 2.69 bits per heavy atom. The molecule has 2 aromatic carbocycles. The van der Waals surface area contributed by atoms with E-state index in [0.717, 1.165) is 49.4 Å². The van der Waals surface area contributed by atoms with Gasteiger partial charge in [-0.25, -0.2) is 0 Å². The number of amides is 1. The Balaban J connectivity index is 1.41. The molecule has 0 radical (unpaired) electrons. The molecule has 1 N–H and O–H groups in total. The van der Waals surface area contributed by atoms with Gasteiger partial charge < -0.3 is 19.6 Å². The van der Waals surface area contributed by atoms with Crippen LogP contribution in [0.1, 0.15) is 43.2 Å². The molecule has 3 fully saturated rings. The van der Waals surface area contributed by atoms with Gasteiger partial charge in [-0.3, -0.25) is 4.79 Å². The molecule has 0 aromatic heterocycles. The van der Waals surface area contributed by atoms with E-state index in [1.807, 2.05) is 30.1 Å². The Morgan fingerprint density at radius 2 is 2.00 bits per heavy atom. The molecule has 2 saturated carbocycles. The van der Waals surface area contributed by atoms with Crippen LogP contribution in [-0.4, -0.2) is 66.8 Å². The second kappa shape index (κ2) is 10.5. The summed E-state index contributed by atoms with van der Waals surface area (Å²) < 4.78 is 6.15. The highest BCUT2D eigenvalue weighted by atomic mass is 35.5. The lowest BCUT2D eigenvalue weighted by molar-refractivity contribution is -0.137. The minimum absolute atomic E-state index is 0.0355. The maximum Gasteiger partial charge on any atom is 0.226 e. The largest absolute Gasteiger partial charge is 0.508 e. The zero-order valence-electron chi connectivity index (χ0n) is 21.1. The van der Waals surface area contributed by atoms with Gasteiger partial charge in [0.1, 0.15) is 5.75 Å². The van der Waals surface area contributed by atoms with Crippen molar-refractivity contribution in [2.45, 2.75) is 56.1 Å². The number of nitrogens with zero attached hydrogens (tertiary/aromatic N) is 2. The van der Waals surface area contributed by atoms with E-state index in [0.29, 0.717) is 21.7 Å². The molecule has 4 atom stereocenters. The third-order valence-electron chi connectivity index (χ3n) is 8.81. The quantitative estimate of drug-likeness (QED) is 0.510. The van der Waals surface area contributed by atoms with Crippen LogP contribution in [-0.2, 0) is 21.4 Å². The van der Waals surface area contributed by atoms with Crippen LogP contribution in [0, 0.1) is 11.8 Å². The first kappa shape index (κ1) is 25.8. The van der Waals surface area contributed by atoms with Gasteiger partial charge >= 0.3 is 0 Å². The fraction of sp³-hybridized carbons (Fsp3) is 0.552. The van der Waals surface area contributed by atoms with Crippen molar-refractivity contribution >= 4 is 29.1 Å². The van der Waals surface area contributed by atoms with Crippen molar-refractivity contribution < 1.29 is 14.6 Å². The zero-order valence-corrected chi connectivity index (χ0v) is 22.6. The topological polar surface area (TPSA) is 53.0 Å². The minimum Gasteiger partial charge on any atom is -0.508 e. The summed E-state index contributed by atoms with van der Waals surface area (Å²) in [4.78, 5) is 17.9. The van der Waals surface area contributed by atoms with Crippen LogP contribution >= 0.6 is 23.2 Å². The van der Waals surface area contributed by atoms with Gasteiger partial charge in [0.25, 0.3) is 0 Å². The number of fused-ring (bicyclic) bond motifs is 1. The maximum absolute atomic E-state index is 13.4. The van der Waals surface area contributed by atoms with Crippen LogP contribution in [0.5, 0.6) is 5.75 Å². The first-order chi connectivity index (χ1) is 17.3. The summed E-state index contributed by atoms with van der Waals surface area (Å²) in [7, 11) is 3.72. The van der Waals surface area contributed by atoms with E-state index in [1.54, 1.807) is 25.3 Å². The molecule has 7 heteroatoms. The lowest BCUT2D eigenvalue weighted by atomic mass is 9.56. The predicted molar refractivity (Wildman–Crippen MR) is 144 cm³/mol. The van der Waals surface area contributed by atoms with E-state index in [9.17, 15) is 9.90 Å². The van der Waals surface area contributed by atoms with E-state index in [2.05, 4.69) is 11.0 Å². The van der Waals surface area contributed by atoms with E-state index in [-0.39, 0.29) is 29.9 Å². The van der Waals surface area contributed by atoms with Crippen molar-refractivity contribution in [3.63, 3.8) is 0 Å². The van der Waals surface area contributed by atoms with Gasteiger partial charge in [0.2, 0.25) is 5.91 Å². The van der Waals surface area contributed by atoms with Crippen LogP contribution in [0.2, 0.25) is 10.0 Å². The number of piperidine rings is 1. The Morgan fingerprint density at radius 1 is 1.19 bits per heavy atom. The summed E-state index contributed by atoms with van der Waals surface area (Å²) in [6.07, 6.45) is 5.68. The van der Waals surface area contributed by atoms with Gasteiger partial charge in [0.15, 0.2) is 0 Å². The number of ether oxygens (including phenoxy) is 1. The molecule has 1 heterocycles. The molecule has 2 aliphatic carbocycles. The molecule has 1 saturated heterocycles. The molecule has 1 amide bonds. The molecule has 1 aliphatic heterocycles. The molecule has 0 bridgehead atoms. The van der Waals surface area contributed by atoms with Crippen molar-refractivity contribution in [3.05, 3.63) is 63.6 Å². The number of carbonyl (C=O) groups is 1. The van der Waals surface area contributed by atoms with E-state index in [4.69, 9.17) is 27.9 Å². The number of benzene rings is 2. The summed E-state index contributed by atoms with van der Waals surface area (Å²) >= 11 is 12.3. The average molecular weight is 532 g/mol. The zero-order chi connectivity index (χ0) is 25.4. The van der Waals surface area contributed by atoms with Crippen LogP contribution in [0.25, 0.3) is 0 Å². The number of hydrogen-bond acceptors (Lipinski definition) is 4. The molecule has 3 aliphatic rings. The molecular formula is C29H36Cl2N2O3. The van der Waals surface area contributed by atoms with Gasteiger partial charge in [-0.15, -0.1) is 0 Å². The lowest BCUT2D eigenvalue weighted by Gasteiger charge is -2.56. The SMILES string of the molecule is COC1CC(N(C)C(=O)Cc2ccc(Cl)c(Cl)c2)CC2(c3cccc(O)c3)CCN(CC3CC3)CC12. The van der Waals surface area contributed by atoms with Crippen LogP contribution < -0.4 is 0 Å². The van der Waals surface area contributed by atoms with Gasteiger partial charge in [-0.2, -0.15) is 0 Å². The molecule has 0 spiro atoms. The Labute approximate surface area is 224 Å². The highest BCUT2D eigenvalue weighted by Crippen LogP contribution is 2.51. The molecular weight excluding hydrogens is 495 g/mol. The van der Waals surface area contributed by atoms with Crippen molar-refractivity contribution in [2.75, 3.05) is 33.8 Å². The van der Waals surface area contributed by atoms with Crippen LogP contribution in [0.4, 0.5) is 0 Å². The highest BCUT2D eigenvalue weighted by molar-refractivity contribution is 6.42. The van der Waals surface area contributed by atoms with E-state index < -0.39 is 0 Å². The molecule has 5 nitrogen and oxygen atoms in total. The third kappa shape index (κ3) is 5.26. The fourth-order valence-electron chi connectivity index (χ4n) is 6.58. The van der Waals surface area contributed by atoms with Gasteiger partial charge in [-0.1, -0.05) is 41.4 Å². The first-order valence-corrected chi connectivity index (χ1v) is 13.8. The van der Waals surface area contributed by atoms with Crippen LogP contribution in [0.15, 0.2) is 42.5 Å². The number of methoxy groups -OCH3 is 1. The van der Waals surface area contributed by atoms with Gasteiger partial charge in [0.05, 0.1) is 22.6 Å². The van der Waals surface area contributed by atoms with Crippen molar-refractivity contribution in [1.82, 2.24) is 9.80 Å². The van der Waals surface area contributed by atoms with E-state index >= 15 is 0 Å². The number of aromatic hydroxyl groups is 1. The number of phenolic OH excluding ortho intramolecular Hbond substituents is 1. The molecule has 5 rings (SSSR count). The van der Waals surface area contributed by atoms with Gasteiger partial charge in [0, 0.05) is 44.6 Å². The Bertz CT molecular complexity index is 1110. The highest BCUT2D eigenvalue weighted by Gasteiger charge is 2.53. The smallest absolute Gasteiger partial charge is 0.226 e. The average Bonchev–Trinajstić information content (AvgIpc) is 3.69. The maximum atomic E-state index is 13.4. The van der Waals surface area contributed by atoms with Crippen molar-refractivity contribution in [3.8, 4) is 5.75 Å². The summed E-state index contributed by atoms with van der Waals surface area (Å²) in [5.41, 5.74) is 1.87. The Hall–Kier alpha value is -1.79. The van der Waals surface area contributed by atoms with E-state index in [1.165, 1.54) is 19.4 Å². The predicted octanol–water partition coefficient (Wildman–Crippen LogP) is 5.55. The summed E-state index contributed by atoms with van der Waals surface area (Å²) in [6.45, 7) is 3.21. The number of likely N-dealkylation sites (N-methyl/N-ethyl adjacent to an activating group) is 1.